The van der Waals surface area contributed by atoms with Gasteiger partial charge in [-0.05, 0) is 103 Å². The number of hydrogen-bond donors (Lipinski definition) is 3. The van der Waals surface area contributed by atoms with Crippen molar-refractivity contribution in [2.45, 2.75) is 354 Å². The molecule has 0 aliphatic carbocycles. The van der Waals surface area contributed by atoms with Crippen LogP contribution in [0.1, 0.15) is 336 Å². The third-order valence-corrected chi connectivity index (χ3v) is 17.8. The summed E-state index contributed by atoms with van der Waals surface area (Å²) < 4.78 is 68.4. The molecular weight excluding hydrogens is 1230 g/mol. The van der Waals surface area contributed by atoms with Crippen molar-refractivity contribution in [3.8, 4) is 0 Å². The average Bonchev–Trinajstić information content (AvgIpc) is 2.45. The van der Waals surface area contributed by atoms with E-state index in [1.54, 1.807) is 0 Å². The molecule has 0 radical (unpaired) electrons. The Bertz CT molecular complexity index is 2030. The fourth-order valence-corrected chi connectivity index (χ4v) is 11.8. The van der Waals surface area contributed by atoms with Gasteiger partial charge in [-0.2, -0.15) is 0 Å². The molecule has 5 atom stereocenters. The van der Waals surface area contributed by atoms with Gasteiger partial charge in [-0.15, -0.1) is 0 Å². The van der Waals surface area contributed by atoms with E-state index in [4.69, 9.17) is 37.0 Å². The average molecular weight is 1370 g/mol. The zero-order valence-corrected chi connectivity index (χ0v) is 61.4. The molecule has 0 rings (SSSR count). The van der Waals surface area contributed by atoms with Crippen LogP contribution in [-0.2, 0) is 65.4 Å². The molecule has 0 saturated carbocycles. The molecule has 3 N–H and O–H groups in total. The van der Waals surface area contributed by atoms with Crippen LogP contribution in [0.3, 0.4) is 0 Å². The summed E-state index contributed by atoms with van der Waals surface area (Å²) in [5.74, 6) is -2.19. The van der Waals surface area contributed by atoms with Crippen LogP contribution in [0.5, 0.6) is 0 Å². The van der Waals surface area contributed by atoms with Gasteiger partial charge in [0.05, 0.1) is 26.4 Å². The maximum atomic E-state index is 13.0. The fourth-order valence-electron chi connectivity index (χ4n) is 10.2. The zero-order valence-electron chi connectivity index (χ0n) is 59.6. The Morgan fingerprint density at radius 1 is 0.298 bits per heavy atom. The number of aliphatic hydroxyl groups excluding tert-OH is 1. The van der Waals surface area contributed by atoms with Crippen molar-refractivity contribution in [3.05, 3.63) is 60.8 Å². The van der Waals surface area contributed by atoms with Gasteiger partial charge in [0.1, 0.15) is 19.3 Å². The Balaban J connectivity index is 5.32. The highest BCUT2D eigenvalue weighted by Crippen LogP contribution is 2.45. The number of hydrogen-bond acceptors (Lipinski definition) is 15. The molecule has 548 valence electrons. The van der Waals surface area contributed by atoms with E-state index < -0.39 is 97.5 Å². The minimum atomic E-state index is -4.97. The first-order valence-corrected chi connectivity index (χ1v) is 40.5. The Morgan fingerprint density at radius 2 is 0.543 bits per heavy atom. The molecule has 0 aliphatic rings. The molecule has 0 spiro atoms. The van der Waals surface area contributed by atoms with E-state index >= 15 is 0 Å². The van der Waals surface area contributed by atoms with Crippen molar-refractivity contribution in [2.75, 3.05) is 39.6 Å². The molecule has 0 aromatic carbocycles. The number of carbonyl (C=O) groups is 4. The smallest absolute Gasteiger partial charge is 0.462 e. The zero-order chi connectivity index (χ0) is 69.0. The largest absolute Gasteiger partial charge is 0.472 e. The summed E-state index contributed by atoms with van der Waals surface area (Å²) in [4.78, 5) is 72.7. The highest BCUT2D eigenvalue weighted by Gasteiger charge is 2.30. The maximum absolute atomic E-state index is 13.0. The van der Waals surface area contributed by atoms with Crippen LogP contribution in [-0.4, -0.2) is 96.7 Å². The van der Waals surface area contributed by atoms with Gasteiger partial charge in [0.15, 0.2) is 12.2 Å². The third-order valence-electron chi connectivity index (χ3n) is 15.9. The normalized spacial score (nSPS) is 14.3. The molecule has 0 aromatic rings. The van der Waals surface area contributed by atoms with Crippen LogP contribution in [0.4, 0.5) is 0 Å². The van der Waals surface area contributed by atoms with E-state index in [0.717, 1.165) is 161 Å². The lowest BCUT2D eigenvalue weighted by molar-refractivity contribution is -0.161. The topological polar surface area (TPSA) is 237 Å². The van der Waals surface area contributed by atoms with Crippen LogP contribution in [0.15, 0.2) is 60.8 Å². The number of esters is 4. The SMILES string of the molecule is CCC/C=C\C/C=C\CCCCCCCC(=O)OCC(COP(=O)(O)OCC(O)COP(=O)(O)OCC(COC(=O)CCCCCCCCCCCCCCCCC)OC(=O)CCCCCCC/C=C\C/C=C\CCC)OC(=O)CCCCCCC/C=C\CCCCCC. The van der Waals surface area contributed by atoms with Gasteiger partial charge in [0, 0.05) is 25.7 Å². The number of rotatable bonds is 71. The molecule has 0 aromatic heterocycles. The maximum Gasteiger partial charge on any atom is 0.472 e. The van der Waals surface area contributed by atoms with Crippen molar-refractivity contribution in [1.82, 2.24) is 0 Å². The lowest BCUT2D eigenvalue weighted by Gasteiger charge is -2.21. The van der Waals surface area contributed by atoms with Crippen LogP contribution in [0.2, 0.25) is 0 Å². The van der Waals surface area contributed by atoms with E-state index in [1.165, 1.54) is 96.3 Å². The summed E-state index contributed by atoms with van der Waals surface area (Å²) in [5.41, 5.74) is 0. The number of ether oxygens (including phenoxy) is 4. The van der Waals surface area contributed by atoms with Crippen molar-refractivity contribution < 1.29 is 80.2 Å². The molecule has 17 nitrogen and oxygen atoms in total. The number of phosphoric acid groups is 2. The molecule has 19 heteroatoms. The van der Waals surface area contributed by atoms with Crippen molar-refractivity contribution in [3.63, 3.8) is 0 Å². The van der Waals surface area contributed by atoms with Crippen molar-refractivity contribution in [1.29, 1.82) is 0 Å². The number of aliphatic hydroxyl groups is 1. The van der Waals surface area contributed by atoms with Crippen molar-refractivity contribution >= 4 is 39.5 Å². The molecule has 5 unspecified atom stereocenters. The molecular formula is C75H136O17P2. The molecule has 0 bridgehead atoms. The van der Waals surface area contributed by atoms with Crippen LogP contribution < -0.4 is 0 Å². The fraction of sp³-hybridized carbons (Fsp3) is 0.813. The van der Waals surface area contributed by atoms with Gasteiger partial charge >= 0.3 is 39.5 Å². The van der Waals surface area contributed by atoms with Crippen LogP contribution in [0, 0.1) is 0 Å². The van der Waals surface area contributed by atoms with Gasteiger partial charge in [-0.3, -0.25) is 37.3 Å². The van der Waals surface area contributed by atoms with E-state index in [2.05, 4.69) is 88.5 Å². The van der Waals surface area contributed by atoms with E-state index in [9.17, 15) is 43.2 Å². The Morgan fingerprint density at radius 3 is 0.851 bits per heavy atom. The standard InChI is InChI=1S/C75H136O17P2/c1-5-9-13-17-21-25-29-33-34-38-40-44-48-52-56-60-73(78)86-66-71(92-75(80)62-58-54-50-46-42-37-32-28-24-20-16-12-8-4)68-90-94(83,84)88-64-69(76)63-87-93(81,82)89-67-70(91-74(79)61-57-53-49-45-41-36-31-27-23-19-15-11-7-3)65-85-72(77)59-55-51-47-43-39-35-30-26-22-18-14-10-6-2/h14,16,18,20,26-28,30-32,69-71,76H,5-13,15,17,19,21-25,29,33-68H2,1-4H3,(H,81,82)(H,83,84)/b18-14-,20-16-,30-26-,31-27-,32-28-. The lowest BCUT2D eigenvalue weighted by Crippen LogP contribution is -2.30. The van der Waals surface area contributed by atoms with Crippen molar-refractivity contribution in [2.24, 2.45) is 0 Å². The molecule has 0 aliphatic heterocycles. The van der Waals surface area contributed by atoms with Gasteiger partial charge in [-0.25, -0.2) is 9.13 Å². The van der Waals surface area contributed by atoms with Gasteiger partial charge in [0.25, 0.3) is 0 Å². The van der Waals surface area contributed by atoms with Crippen LogP contribution in [0.25, 0.3) is 0 Å². The molecule has 0 heterocycles. The third kappa shape index (κ3) is 67.3. The quantitative estimate of drug-likeness (QED) is 0.0169. The highest BCUT2D eigenvalue weighted by atomic mass is 31.2. The second-order valence-corrected chi connectivity index (χ2v) is 28.1. The van der Waals surface area contributed by atoms with Crippen LogP contribution >= 0.6 is 15.6 Å². The first-order valence-electron chi connectivity index (χ1n) is 37.5. The summed E-state index contributed by atoms with van der Waals surface area (Å²) in [6, 6.07) is 0. The number of carbonyl (C=O) groups excluding carboxylic acids is 4. The molecule has 94 heavy (non-hydrogen) atoms. The van der Waals surface area contributed by atoms with E-state index in [0.29, 0.717) is 25.7 Å². The predicted molar refractivity (Wildman–Crippen MR) is 381 cm³/mol. The van der Waals surface area contributed by atoms with E-state index in [1.807, 2.05) is 0 Å². The van der Waals surface area contributed by atoms with Gasteiger partial charge in [-0.1, -0.05) is 268 Å². The summed E-state index contributed by atoms with van der Waals surface area (Å²) in [5, 5.41) is 10.6. The number of phosphoric ester groups is 2. The Labute approximate surface area is 571 Å². The highest BCUT2D eigenvalue weighted by molar-refractivity contribution is 7.47. The number of unbranched alkanes of at least 4 members (excludes halogenated alkanes) is 35. The predicted octanol–water partition coefficient (Wildman–Crippen LogP) is 21.1. The summed E-state index contributed by atoms with van der Waals surface area (Å²) in [7, 11) is -9.94. The Hall–Kier alpha value is -3.24. The second-order valence-electron chi connectivity index (χ2n) is 25.2. The Kier molecular flexibility index (Phi) is 65.9. The van der Waals surface area contributed by atoms with Gasteiger partial charge < -0.3 is 33.8 Å². The number of allylic oxidation sites excluding steroid dienone is 10. The minimum Gasteiger partial charge on any atom is -0.462 e. The van der Waals surface area contributed by atoms with Gasteiger partial charge in [0.2, 0.25) is 0 Å². The minimum absolute atomic E-state index is 0.0833. The summed E-state index contributed by atoms with van der Waals surface area (Å²) in [6.45, 7) is 4.73. The monoisotopic (exact) mass is 1370 g/mol. The summed E-state index contributed by atoms with van der Waals surface area (Å²) >= 11 is 0. The second kappa shape index (κ2) is 68.3. The molecule has 0 amide bonds. The first-order chi connectivity index (χ1) is 45.7. The molecule has 0 saturated heterocycles. The van der Waals surface area contributed by atoms with E-state index in [-0.39, 0.29) is 25.7 Å². The first kappa shape index (κ1) is 90.8. The lowest BCUT2D eigenvalue weighted by atomic mass is 10.0. The summed E-state index contributed by atoms with van der Waals surface area (Å²) in [6.07, 6.45) is 65.0. The molecule has 0 fully saturated rings.